The van der Waals surface area contributed by atoms with E-state index in [-0.39, 0.29) is 18.4 Å². The van der Waals surface area contributed by atoms with Gasteiger partial charge in [0.1, 0.15) is 0 Å². The third-order valence-corrected chi connectivity index (χ3v) is 6.07. The summed E-state index contributed by atoms with van der Waals surface area (Å²) in [6, 6.07) is 13.4. The molecule has 0 spiro atoms. The van der Waals surface area contributed by atoms with Crippen molar-refractivity contribution >= 4 is 44.5 Å². The van der Waals surface area contributed by atoms with Gasteiger partial charge in [-0.15, -0.1) is 0 Å². The van der Waals surface area contributed by atoms with Gasteiger partial charge in [0.2, 0.25) is 10.0 Å². The summed E-state index contributed by atoms with van der Waals surface area (Å²) < 4.78 is 26.6. The fourth-order valence-corrected chi connectivity index (χ4v) is 4.05. The molecule has 28 heavy (non-hydrogen) atoms. The molecule has 0 aromatic heterocycles. The topological polar surface area (TPSA) is 105 Å². The highest BCUT2D eigenvalue weighted by Gasteiger charge is 2.43. The Morgan fingerprint density at radius 1 is 1.25 bits per heavy atom. The van der Waals surface area contributed by atoms with Crippen molar-refractivity contribution in [3.8, 4) is 11.1 Å². The van der Waals surface area contributed by atoms with Crippen LogP contribution in [0.25, 0.3) is 11.1 Å². The van der Waals surface area contributed by atoms with Gasteiger partial charge in [-0.3, -0.25) is 9.69 Å². The van der Waals surface area contributed by atoms with Gasteiger partial charge in [0, 0.05) is 17.2 Å². The van der Waals surface area contributed by atoms with E-state index >= 15 is 0 Å². The van der Waals surface area contributed by atoms with Crippen molar-refractivity contribution in [1.29, 1.82) is 0 Å². The fourth-order valence-electron chi connectivity index (χ4n) is 3.14. The van der Waals surface area contributed by atoms with Crippen LogP contribution >= 0.6 is 22.6 Å². The minimum absolute atomic E-state index is 0.180. The first-order valence-electron chi connectivity index (χ1n) is 8.49. The second-order valence-electron chi connectivity index (χ2n) is 6.88. The van der Waals surface area contributed by atoms with Crippen LogP contribution in [0.5, 0.6) is 0 Å². The van der Waals surface area contributed by atoms with Crippen LogP contribution in [0.2, 0.25) is 0 Å². The number of sulfonamides is 1. The largest absolute Gasteiger partial charge is 0.369 e. The van der Waals surface area contributed by atoms with Gasteiger partial charge in [0.25, 0.3) is 5.91 Å². The number of nitrogens with zero attached hydrogens (tertiary/aromatic N) is 2. The molecular formula is C19H21IN4O3S. The van der Waals surface area contributed by atoms with Gasteiger partial charge < -0.3 is 5.73 Å². The Morgan fingerprint density at radius 2 is 1.96 bits per heavy atom. The molecule has 3 rings (SSSR count). The lowest BCUT2D eigenvalue weighted by molar-refractivity contribution is -0.130. The predicted molar refractivity (Wildman–Crippen MR) is 118 cm³/mol. The predicted octanol–water partition coefficient (Wildman–Crippen LogP) is 2.01. The lowest BCUT2D eigenvalue weighted by atomic mass is 9.89. The van der Waals surface area contributed by atoms with Crippen molar-refractivity contribution in [3.63, 3.8) is 0 Å². The van der Waals surface area contributed by atoms with E-state index in [0.717, 1.165) is 32.1 Å². The first kappa shape index (κ1) is 20.7. The maximum absolute atomic E-state index is 12.7. The van der Waals surface area contributed by atoms with Gasteiger partial charge in [-0.1, -0.05) is 24.3 Å². The number of carbonyl (C=O) groups is 1. The van der Waals surface area contributed by atoms with Crippen LogP contribution in [-0.4, -0.2) is 38.5 Å². The normalized spacial score (nSPS) is 19.8. The quantitative estimate of drug-likeness (QED) is 0.599. The summed E-state index contributed by atoms with van der Waals surface area (Å²) in [5.74, 6) is -0.00559. The Balaban J connectivity index is 2.06. The third kappa shape index (κ3) is 4.06. The second-order valence-corrected chi connectivity index (χ2v) is 9.96. The smallest absolute Gasteiger partial charge is 0.261 e. The van der Waals surface area contributed by atoms with Gasteiger partial charge in [0.15, 0.2) is 11.5 Å². The fraction of sp³-hybridized carbons (Fsp3) is 0.263. The Kier molecular flexibility index (Phi) is 5.52. The molecule has 0 radical (unpaired) electrons. The number of benzene rings is 2. The van der Waals surface area contributed by atoms with Crippen molar-refractivity contribution < 1.29 is 13.2 Å². The van der Waals surface area contributed by atoms with Crippen LogP contribution in [0.15, 0.2) is 47.5 Å². The van der Waals surface area contributed by atoms with Crippen molar-refractivity contribution in [1.82, 2.24) is 9.62 Å². The van der Waals surface area contributed by atoms with Crippen LogP contribution in [0.4, 0.5) is 0 Å². The van der Waals surface area contributed by atoms with Gasteiger partial charge in [-0.05, 0) is 70.0 Å². The van der Waals surface area contributed by atoms with Gasteiger partial charge >= 0.3 is 0 Å². The van der Waals surface area contributed by atoms with E-state index in [4.69, 9.17) is 5.73 Å². The third-order valence-electron chi connectivity index (χ3n) is 4.74. The van der Waals surface area contributed by atoms with E-state index in [1.54, 1.807) is 14.0 Å². The average Bonchev–Trinajstić information content (AvgIpc) is 2.84. The van der Waals surface area contributed by atoms with Gasteiger partial charge in [0.05, 0.1) is 6.26 Å². The van der Waals surface area contributed by atoms with Gasteiger partial charge in [-0.25, -0.2) is 18.1 Å². The van der Waals surface area contributed by atoms with Crippen LogP contribution in [0.1, 0.15) is 18.1 Å². The number of rotatable bonds is 5. The highest BCUT2D eigenvalue weighted by Crippen LogP contribution is 2.35. The number of hydrogen-bond donors (Lipinski definition) is 2. The summed E-state index contributed by atoms with van der Waals surface area (Å²) in [6.07, 6.45) is 1.13. The zero-order valence-electron chi connectivity index (χ0n) is 15.7. The van der Waals surface area contributed by atoms with Gasteiger partial charge in [-0.2, -0.15) is 0 Å². The number of nitrogens with two attached hydrogens (primary N) is 1. The number of amides is 1. The number of likely N-dealkylation sites (N-methyl/N-ethyl adjacent to an activating group) is 1. The monoisotopic (exact) mass is 512 g/mol. The maximum atomic E-state index is 12.7. The van der Waals surface area contributed by atoms with Crippen LogP contribution < -0.4 is 10.5 Å². The number of carbonyl (C=O) groups excluding carboxylic acids is 1. The first-order chi connectivity index (χ1) is 13.0. The highest BCUT2D eigenvalue weighted by atomic mass is 127. The van der Waals surface area contributed by atoms with Crippen molar-refractivity contribution in [2.24, 2.45) is 10.7 Å². The van der Waals surface area contributed by atoms with Crippen molar-refractivity contribution in [3.05, 3.63) is 57.2 Å². The summed E-state index contributed by atoms with van der Waals surface area (Å²) >= 11 is 2.21. The molecule has 0 saturated carbocycles. The zero-order valence-corrected chi connectivity index (χ0v) is 18.7. The number of hydrogen-bond acceptors (Lipinski definition) is 5. The molecule has 7 nitrogen and oxygen atoms in total. The molecule has 1 heterocycles. The van der Waals surface area contributed by atoms with E-state index in [0.29, 0.717) is 0 Å². The molecule has 1 aliphatic rings. The van der Waals surface area contributed by atoms with E-state index in [2.05, 4.69) is 32.3 Å². The Bertz CT molecular complexity index is 1080. The zero-order chi connectivity index (χ0) is 20.7. The van der Waals surface area contributed by atoms with E-state index in [9.17, 15) is 13.2 Å². The molecule has 0 saturated heterocycles. The number of aliphatic imine (C=N–C) groups is 1. The summed E-state index contributed by atoms with van der Waals surface area (Å²) in [4.78, 5) is 18.4. The molecule has 9 heteroatoms. The molecule has 0 fully saturated rings. The molecule has 1 atom stereocenters. The van der Waals surface area contributed by atoms with Crippen molar-refractivity contribution in [2.75, 3.05) is 13.3 Å². The second kappa shape index (κ2) is 7.45. The van der Waals surface area contributed by atoms with E-state index in [1.807, 2.05) is 42.5 Å². The number of nitrogens with one attached hydrogen (secondary N) is 1. The lowest BCUT2D eigenvalue weighted by Crippen LogP contribution is -2.38. The SMILES string of the molecule is CN1C(=O)C(C)(c2cccc(-c3cc(I)ccc3CNS(C)(=O)=O)c2)N=C1N. The molecular weight excluding hydrogens is 491 g/mol. The first-order valence-corrected chi connectivity index (χ1v) is 11.5. The number of guanidine groups is 1. The molecule has 1 aliphatic heterocycles. The Labute approximate surface area is 178 Å². The minimum Gasteiger partial charge on any atom is -0.369 e. The van der Waals surface area contributed by atoms with Crippen LogP contribution in [0.3, 0.4) is 0 Å². The van der Waals surface area contributed by atoms with E-state index < -0.39 is 15.6 Å². The standard InChI is InChI=1S/C19H21IN4O3S/c1-19(17(25)24(2)18(21)23-19)14-6-4-5-12(9-14)16-10-15(20)8-7-13(16)11-22-28(3,26)27/h4-10,22H,11H2,1-3H3,(H2,21,23). The number of halogens is 1. The Hall–Kier alpha value is -1.98. The van der Waals surface area contributed by atoms with Crippen LogP contribution in [0, 0.1) is 3.57 Å². The highest BCUT2D eigenvalue weighted by molar-refractivity contribution is 14.1. The summed E-state index contributed by atoms with van der Waals surface area (Å²) in [7, 11) is -1.71. The Morgan fingerprint density at radius 3 is 2.57 bits per heavy atom. The molecule has 1 amide bonds. The molecule has 0 bridgehead atoms. The van der Waals surface area contributed by atoms with Crippen LogP contribution in [-0.2, 0) is 26.9 Å². The molecule has 0 aliphatic carbocycles. The molecule has 3 N–H and O–H groups in total. The molecule has 2 aromatic rings. The summed E-state index contributed by atoms with van der Waals surface area (Å²) in [5.41, 5.74) is 8.09. The maximum Gasteiger partial charge on any atom is 0.261 e. The summed E-state index contributed by atoms with van der Waals surface area (Å²) in [6.45, 7) is 1.92. The molecule has 1 unspecified atom stereocenters. The molecule has 148 valence electrons. The lowest BCUT2D eigenvalue weighted by Gasteiger charge is -2.21. The molecule has 2 aromatic carbocycles. The van der Waals surface area contributed by atoms with E-state index in [1.165, 1.54) is 4.90 Å². The average molecular weight is 512 g/mol. The summed E-state index contributed by atoms with van der Waals surface area (Å²) in [5, 5.41) is 0. The minimum atomic E-state index is -3.32. The van der Waals surface area contributed by atoms with Crippen molar-refractivity contribution in [2.45, 2.75) is 19.0 Å².